The quantitative estimate of drug-likeness (QED) is 0.303. The second-order valence-electron chi connectivity index (χ2n) is 7.10. The van der Waals surface area contributed by atoms with E-state index in [0.717, 1.165) is 31.0 Å². The van der Waals surface area contributed by atoms with Crippen LogP contribution in [-0.2, 0) is 4.79 Å². The molecular formula is C20H19N5O7. The molecule has 3 N–H and O–H groups in total. The highest BCUT2D eigenvalue weighted by atomic mass is 16.6. The maximum Gasteiger partial charge on any atom is 0.277 e. The number of hydrogen-bond acceptors (Lipinski definition) is 7. The minimum Gasteiger partial charge on any atom is -0.350 e. The van der Waals surface area contributed by atoms with Crippen molar-refractivity contribution in [2.24, 2.45) is 5.92 Å². The Hall–Kier alpha value is -4.35. The van der Waals surface area contributed by atoms with E-state index in [0.29, 0.717) is 11.3 Å². The third-order valence-electron chi connectivity index (χ3n) is 4.65. The first-order valence-electron chi connectivity index (χ1n) is 9.66. The van der Waals surface area contributed by atoms with Crippen molar-refractivity contribution in [3.05, 3.63) is 73.8 Å². The molecule has 0 unspecified atom stereocenters. The monoisotopic (exact) mass is 441 g/mol. The number of carbonyl (C=O) groups excluding carboxylic acids is 3. The van der Waals surface area contributed by atoms with Gasteiger partial charge in [-0.3, -0.25) is 34.6 Å². The largest absolute Gasteiger partial charge is 0.350 e. The van der Waals surface area contributed by atoms with Gasteiger partial charge >= 0.3 is 0 Å². The summed E-state index contributed by atoms with van der Waals surface area (Å²) >= 11 is 0. The van der Waals surface area contributed by atoms with Crippen LogP contribution in [0.4, 0.5) is 17.1 Å². The fourth-order valence-electron chi connectivity index (χ4n) is 2.79. The Morgan fingerprint density at radius 3 is 1.78 bits per heavy atom. The number of non-ortho nitro benzene ring substituents is 2. The van der Waals surface area contributed by atoms with Crippen molar-refractivity contribution in [1.29, 1.82) is 0 Å². The maximum absolute atomic E-state index is 12.2. The second-order valence-corrected chi connectivity index (χ2v) is 7.10. The summed E-state index contributed by atoms with van der Waals surface area (Å²) in [5.74, 6) is -1.11. The summed E-state index contributed by atoms with van der Waals surface area (Å²) in [6.07, 6.45) is 1.78. The summed E-state index contributed by atoms with van der Waals surface area (Å²) in [5, 5.41) is 29.6. The maximum atomic E-state index is 12.2. The number of rotatable bonds is 9. The molecule has 0 aliphatic heterocycles. The lowest BCUT2D eigenvalue weighted by Gasteiger charge is -2.08. The van der Waals surface area contributed by atoms with E-state index < -0.39 is 33.0 Å². The third kappa shape index (κ3) is 5.84. The zero-order valence-electron chi connectivity index (χ0n) is 16.7. The summed E-state index contributed by atoms with van der Waals surface area (Å²) in [4.78, 5) is 56.3. The number of hydrogen-bond donors (Lipinski definition) is 3. The van der Waals surface area contributed by atoms with Crippen molar-refractivity contribution < 1.29 is 24.2 Å². The lowest BCUT2D eigenvalue weighted by Crippen LogP contribution is -2.34. The molecule has 1 fully saturated rings. The Morgan fingerprint density at radius 2 is 1.31 bits per heavy atom. The van der Waals surface area contributed by atoms with Gasteiger partial charge in [0.1, 0.15) is 0 Å². The first-order chi connectivity index (χ1) is 15.2. The van der Waals surface area contributed by atoms with Crippen LogP contribution < -0.4 is 16.0 Å². The number of nitro groups is 2. The predicted octanol–water partition coefficient (Wildman–Crippen LogP) is 2.01. The number of amides is 3. The van der Waals surface area contributed by atoms with Crippen LogP contribution in [-0.4, -0.2) is 40.7 Å². The Kier molecular flexibility index (Phi) is 6.73. The van der Waals surface area contributed by atoms with E-state index in [1.165, 1.54) is 0 Å². The Morgan fingerprint density at radius 1 is 0.812 bits per heavy atom. The Bertz CT molecular complexity index is 1050. The predicted molar refractivity (Wildman–Crippen MR) is 112 cm³/mol. The minimum atomic E-state index is -0.827. The molecule has 166 valence electrons. The highest BCUT2D eigenvalue weighted by Crippen LogP contribution is 2.30. The van der Waals surface area contributed by atoms with Crippen LogP contribution in [0, 0.1) is 26.1 Å². The van der Waals surface area contributed by atoms with Crippen molar-refractivity contribution in [2.45, 2.75) is 12.8 Å². The SMILES string of the molecule is O=C(NCCNC(=O)c1cc([N+](=O)[O-])cc([N+](=O)[O-])c1)c1ccc(NC(=O)C2CC2)cc1. The number of nitrogens with zero attached hydrogens (tertiary/aromatic N) is 2. The highest BCUT2D eigenvalue weighted by molar-refractivity contribution is 5.97. The first-order valence-corrected chi connectivity index (χ1v) is 9.66. The van der Waals surface area contributed by atoms with E-state index in [2.05, 4.69) is 16.0 Å². The van der Waals surface area contributed by atoms with Gasteiger partial charge in [0.05, 0.1) is 21.5 Å². The molecule has 1 saturated carbocycles. The van der Waals surface area contributed by atoms with Crippen molar-refractivity contribution in [3.63, 3.8) is 0 Å². The van der Waals surface area contributed by atoms with Crippen molar-refractivity contribution >= 4 is 34.8 Å². The van der Waals surface area contributed by atoms with Gasteiger partial charge in [-0.1, -0.05) is 0 Å². The van der Waals surface area contributed by atoms with Crippen molar-refractivity contribution in [1.82, 2.24) is 10.6 Å². The second kappa shape index (κ2) is 9.64. The lowest BCUT2D eigenvalue weighted by atomic mass is 10.1. The fourth-order valence-corrected chi connectivity index (χ4v) is 2.79. The van der Waals surface area contributed by atoms with Crippen LogP contribution in [0.2, 0.25) is 0 Å². The zero-order valence-corrected chi connectivity index (χ0v) is 16.7. The van der Waals surface area contributed by atoms with Gasteiger partial charge in [-0.2, -0.15) is 0 Å². The molecule has 0 aromatic heterocycles. The van der Waals surface area contributed by atoms with Gasteiger partial charge in [0, 0.05) is 42.4 Å². The highest BCUT2D eigenvalue weighted by Gasteiger charge is 2.29. The van der Waals surface area contributed by atoms with E-state index in [9.17, 15) is 34.6 Å². The zero-order chi connectivity index (χ0) is 23.3. The average Bonchev–Trinajstić information content (AvgIpc) is 3.62. The molecule has 0 atom stereocenters. The molecule has 12 nitrogen and oxygen atoms in total. The average molecular weight is 441 g/mol. The van der Waals surface area contributed by atoms with Gasteiger partial charge in [-0.25, -0.2) is 0 Å². The molecule has 0 heterocycles. The fraction of sp³-hybridized carbons (Fsp3) is 0.250. The molecule has 1 aliphatic rings. The minimum absolute atomic E-state index is 0.00338. The number of benzene rings is 2. The number of anilines is 1. The van der Waals surface area contributed by atoms with Crippen LogP contribution in [0.5, 0.6) is 0 Å². The van der Waals surface area contributed by atoms with Gasteiger partial charge in [0.2, 0.25) is 5.91 Å². The van der Waals surface area contributed by atoms with Gasteiger partial charge < -0.3 is 16.0 Å². The Labute approximate surface area is 181 Å². The van der Waals surface area contributed by atoms with Crippen LogP contribution in [0.1, 0.15) is 33.6 Å². The molecule has 0 saturated heterocycles. The lowest BCUT2D eigenvalue weighted by molar-refractivity contribution is -0.394. The topological polar surface area (TPSA) is 174 Å². The number of nitrogens with one attached hydrogen (secondary N) is 3. The summed E-state index contributed by atoms with van der Waals surface area (Å²) < 4.78 is 0. The number of nitro benzene ring substituents is 2. The third-order valence-corrected chi connectivity index (χ3v) is 4.65. The molecule has 0 radical (unpaired) electrons. The van der Waals surface area contributed by atoms with Crippen LogP contribution in [0.3, 0.4) is 0 Å². The molecule has 2 aromatic carbocycles. The van der Waals surface area contributed by atoms with Gasteiger partial charge in [-0.15, -0.1) is 0 Å². The standard InChI is InChI=1S/C20H19N5O7/c26-18(12-3-5-15(6-4-12)23-20(28)13-1-2-13)21-7-8-22-19(27)14-9-16(24(29)30)11-17(10-14)25(31)32/h3-6,9-11,13H,1-2,7-8H2,(H,21,26)(H,22,27)(H,23,28). The summed E-state index contributed by atoms with van der Waals surface area (Å²) in [6.45, 7) is 0.0539. The van der Waals surface area contributed by atoms with Crippen LogP contribution in [0.15, 0.2) is 42.5 Å². The van der Waals surface area contributed by atoms with E-state index >= 15 is 0 Å². The molecular weight excluding hydrogens is 422 g/mol. The normalized spacial score (nSPS) is 12.5. The first kappa shape index (κ1) is 22.3. The van der Waals surface area contributed by atoms with E-state index in [1.807, 2.05) is 0 Å². The Balaban J connectivity index is 1.48. The van der Waals surface area contributed by atoms with Gasteiger partial charge in [0.15, 0.2) is 0 Å². The smallest absolute Gasteiger partial charge is 0.277 e. The molecule has 3 amide bonds. The van der Waals surface area contributed by atoms with Crippen molar-refractivity contribution in [2.75, 3.05) is 18.4 Å². The van der Waals surface area contributed by atoms with Crippen molar-refractivity contribution in [3.8, 4) is 0 Å². The van der Waals surface area contributed by atoms with Crippen LogP contribution in [0.25, 0.3) is 0 Å². The molecule has 12 heteroatoms. The molecule has 0 spiro atoms. The molecule has 3 rings (SSSR count). The molecule has 2 aromatic rings. The summed E-state index contributed by atoms with van der Waals surface area (Å²) in [5.41, 5.74) is -0.434. The summed E-state index contributed by atoms with van der Waals surface area (Å²) in [6, 6.07) is 8.98. The summed E-state index contributed by atoms with van der Waals surface area (Å²) in [7, 11) is 0. The van der Waals surface area contributed by atoms with Crippen LogP contribution >= 0.6 is 0 Å². The van der Waals surface area contributed by atoms with E-state index in [-0.39, 0.29) is 30.5 Å². The molecule has 0 bridgehead atoms. The van der Waals surface area contributed by atoms with E-state index in [1.54, 1.807) is 24.3 Å². The number of carbonyl (C=O) groups is 3. The van der Waals surface area contributed by atoms with E-state index in [4.69, 9.17) is 0 Å². The van der Waals surface area contributed by atoms with Gasteiger partial charge in [0.25, 0.3) is 23.2 Å². The van der Waals surface area contributed by atoms with Gasteiger partial charge in [-0.05, 0) is 37.1 Å². The molecule has 32 heavy (non-hydrogen) atoms. The molecule has 1 aliphatic carbocycles.